The van der Waals surface area contributed by atoms with Gasteiger partial charge in [0.05, 0.1) is 0 Å². The van der Waals surface area contributed by atoms with Gasteiger partial charge in [-0.2, -0.15) is 4.31 Å². The Balaban J connectivity index is 1.83. The van der Waals surface area contributed by atoms with E-state index in [4.69, 9.17) is 0 Å². The zero-order chi connectivity index (χ0) is 16.2. The molecule has 2 rings (SSSR count). The van der Waals surface area contributed by atoms with Crippen molar-refractivity contribution in [1.82, 2.24) is 9.62 Å². The smallest absolute Gasteiger partial charge is 0.252 e. The van der Waals surface area contributed by atoms with Crippen LogP contribution in [0.5, 0.6) is 0 Å². The van der Waals surface area contributed by atoms with E-state index in [1.807, 2.05) is 0 Å². The Morgan fingerprint density at radius 3 is 2.55 bits per heavy atom. The predicted octanol–water partition coefficient (Wildman–Crippen LogP) is 1.39. The van der Waals surface area contributed by atoms with Crippen LogP contribution in [0, 0.1) is 0 Å². The van der Waals surface area contributed by atoms with Gasteiger partial charge in [-0.05, 0) is 31.2 Å². The molecule has 0 unspecified atom stereocenters. The van der Waals surface area contributed by atoms with Gasteiger partial charge in [0.15, 0.2) is 0 Å². The van der Waals surface area contributed by atoms with Crippen LogP contribution in [0.1, 0.15) is 32.6 Å². The summed E-state index contributed by atoms with van der Waals surface area (Å²) in [7, 11) is -3.40. The van der Waals surface area contributed by atoms with Crippen molar-refractivity contribution in [3.8, 4) is 0 Å². The van der Waals surface area contributed by atoms with Gasteiger partial charge in [0.1, 0.15) is 9.99 Å². The number of nitrogens with zero attached hydrogens (tertiary/aromatic N) is 1. The first-order valence-electron chi connectivity index (χ1n) is 7.22. The van der Waals surface area contributed by atoms with Crippen molar-refractivity contribution < 1.29 is 18.0 Å². The van der Waals surface area contributed by atoms with Crippen LogP contribution in [0.3, 0.4) is 0 Å². The molecule has 1 aromatic rings. The maximum absolute atomic E-state index is 12.4. The van der Waals surface area contributed by atoms with Crippen LogP contribution < -0.4 is 5.32 Å². The average molecular weight is 344 g/mol. The minimum atomic E-state index is -3.40. The number of rotatable bonds is 6. The Kier molecular flexibility index (Phi) is 5.71. The van der Waals surface area contributed by atoms with E-state index in [9.17, 15) is 18.0 Å². The first kappa shape index (κ1) is 17.1. The number of hydrogen-bond donors (Lipinski definition) is 1. The summed E-state index contributed by atoms with van der Waals surface area (Å²) < 4.78 is 26.6. The van der Waals surface area contributed by atoms with Crippen molar-refractivity contribution in [3.05, 3.63) is 17.5 Å². The number of ketones is 1. The van der Waals surface area contributed by atoms with Crippen LogP contribution in [0.2, 0.25) is 0 Å². The summed E-state index contributed by atoms with van der Waals surface area (Å²) in [5.74, 6) is -0.151. The van der Waals surface area contributed by atoms with Crippen LogP contribution in [0.15, 0.2) is 21.7 Å². The summed E-state index contributed by atoms with van der Waals surface area (Å²) in [6, 6.07) is 3.31. The summed E-state index contributed by atoms with van der Waals surface area (Å²) >= 11 is 1.21. The molecule has 1 fully saturated rings. The highest BCUT2D eigenvalue weighted by Crippen LogP contribution is 2.24. The Labute approximate surface area is 134 Å². The second-order valence-corrected chi connectivity index (χ2v) is 8.49. The molecule has 8 heteroatoms. The van der Waals surface area contributed by atoms with Gasteiger partial charge in [-0.25, -0.2) is 8.42 Å². The van der Waals surface area contributed by atoms with Crippen molar-refractivity contribution in [2.45, 2.75) is 42.9 Å². The van der Waals surface area contributed by atoms with Crippen LogP contribution >= 0.6 is 11.3 Å². The quantitative estimate of drug-likeness (QED) is 0.845. The van der Waals surface area contributed by atoms with Gasteiger partial charge in [0.2, 0.25) is 5.91 Å². The minimum absolute atomic E-state index is 0.00740. The fourth-order valence-corrected chi connectivity index (χ4v) is 4.98. The standard InChI is InChI=1S/C14H20N2O4S2/c1-11(17)4-5-13(18)15-12-6-8-16(9-7-12)22(19,20)14-3-2-10-21-14/h2-3,10,12H,4-9H2,1H3,(H,15,18). The van der Waals surface area contributed by atoms with E-state index >= 15 is 0 Å². The number of hydrogen-bond acceptors (Lipinski definition) is 5. The molecule has 0 saturated carbocycles. The second kappa shape index (κ2) is 7.34. The fourth-order valence-electron chi connectivity index (χ4n) is 2.37. The Morgan fingerprint density at radius 2 is 2.00 bits per heavy atom. The first-order valence-corrected chi connectivity index (χ1v) is 9.54. The highest BCUT2D eigenvalue weighted by Gasteiger charge is 2.30. The number of Topliss-reactive ketones (excluding diaryl/α,β-unsaturated/α-hetero) is 1. The second-order valence-electron chi connectivity index (χ2n) is 5.38. The number of carbonyl (C=O) groups is 2. The zero-order valence-corrected chi connectivity index (χ0v) is 14.1. The lowest BCUT2D eigenvalue weighted by Gasteiger charge is -2.31. The molecule has 122 valence electrons. The predicted molar refractivity (Wildman–Crippen MR) is 84.2 cm³/mol. The van der Waals surface area contributed by atoms with E-state index in [1.165, 1.54) is 22.6 Å². The number of nitrogens with one attached hydrogen (secondary N) is 1. The molecule has 0 atom stereocenters. The summed E-state index contributed by atoms with van der Waals surface area (Å²) in [5, 5.41) is 4.62. The summed E-state index contributed by atoms with van der Waals surface area (Å²) in [4.78, 5) is 22.5. The van der Waals surface area contributed by atoms with E-state index in [1.54, 1.807) is 17.5 Å². The SMILES string of the molecule is CC(=O)CCC(=O)NC1CCN(S(=O)(=O)c2cccs2)CC1. The first-order chi connectivity index (χ1) is 10.4. The van der Waals surface area contributed by atoms with E-state index in [-0.39, 0.29) is 30.6 Å². The topological polar surface area (TPSA) is 83.6 Å². The number of thiophene rings is 1. The molecule has 22 heavy (non-hydrogen) atoms. The highest BCUT2D eigenvalue weighted by molar-refractivity contribution is 7.91. The highest BCUT2D eigenvalue weighted by atomic mass is 32.2. The van der Waals surface area contributed by atoms with Gasteiger partial charge < -0.3 is 10.1 Å². The van der Waals surface area contributed by atoms with Crippen molar-refractivity contribution in [2.24, 2.45) is 0 Å². The van der Waals surface area contributed by atoms with Crippen molar-refractivity contribution in [2.75, 3.05) is 13.1 Å². The van der Waals surface area contributed by atoms with Crippen molar-refractivity contribution in [3.63, 3.8) is 0 Å². The number of carbonyl (C=O) groups excluding carboxylic acids is 2. The summed E-state index contributed by atoms with van der Waals surface area (Å²) in [6.45, 7) is 2.26. The molecule has 0 aliphatic carbocycles. The van der Waals surface area contributed by atoms with Gasteiger partial charge in [-0.1, -0.05) is 6.07 Å². The van der Waals surface area contributed by atoms with E-state index in [0.717, 1.165) is 0 Å². The molecular formula is C14H20N2O4S2. The Morgan fingerprint density at radius 1 is 1.32 bits per heavy atom. The molecule has 1 aromatic heterocycles. The lowest BCUT2D eigenvalue weighted by atomic mass is 10.1. The number of sulfonamides is 1. The molecule has 0 bridgehead atoms. The molecule has 1 N–H and O–H groups in total. The normalized spacial score (nSPS) is 17.3. The van der Waals surface area contributed by atoms with Gasteiger partial charge in [0, 0.05) is 32.0 Å². The number of amides is 1. The monoisotopic (exact) mass is 344 g/mol. The molecule has 1 aliphatic heterocycles. The minimum Gasteiger partial charge on any atom is -0.353 e. The van der Waals surface area contributed by atoms with Gasteiger partial charge in [-0.15, -0.1) is 11.3 Å². The van der Waals surface area contributed by atoms with Crippen molar-refractivity contribution in [1.29, 1.82) is 0 Å². The van der Waals surface area contributed by atoms with Crippen LogP contribution in [-0.4, -0.2) is 43.5 Å². The average Bonchev–Trinajstić information content (AvgIpc) is 3.00. The van der Waals surface area contributed by atoms with Crippen LogP contribution in [-0.2, 0) is 19.6 Å². The molecule has 2 heterocycles. The maximum atomic E-state index is 12.4. The maximum Gasteiger partial charge on any atom is 0.252 e. The van der Waals surface area contributed by atoms with E-state index in [2.05, 4.69) is 5.32 Å². The molecule has 0 radical (unpaired) electrons. The van der Waals surface area contributed by atoms with Crippen LogP contribution in [0.25, 0.3) is 0 Å². The molecule has 1 saturated heterocycles. The third-order valence-electron chi connectivity index (χ3n) is 3.61. The molecule has 0 aromatic carbocycles. The van der Waals surface area contributed by atoms with Gasteiger partial charge in [0.25, 0.3) is 10.0 Å². The summed E-state index contributed by atoms with van der Waals surface area (Å²) in [6.07, 6.45) is 1.63. The Bertz CT molecular complexity index is 617. The molecular weight excluding hydrogens is 324 g/mol. The largest absolute Gasteiger partial charge is 0.353 e. The summed E-state index contributed by atoms with van der Waals surface area (Å²) in [5.41, 5.74) is 0. The van der Waals surface area contributed by atoms with Crippen LogP contribution in [0.4, 0.5) is 0 Å². The molecule has 6 nitrogen and oxygen atoms in total. The Hall–Kier alpha value is -1.25. The number of piperidine rings is 1. The van der Waals surface area contributed by atoms with Gasteiger partial charge >= 0.3 is 0 Å². The third kappa shape index (κ3) is 4.37. The molecule has 0 spiro atoms. The van der Waals surface area contributed by atoms with Crippen molar-refractivity contribution >= 4 is 33.1 Å². The molecule has 1 aliphatic rings. The lowest BCUT2D eigenvalue weighted by molar-refractivity contribution is -0.125. The zero-order valence-electron chi connectivity index (χ0n) is 12.4. The third-order valence-corrected chi connectivity index (χ3v) is 6.88. The van der Waals surface area contributed by atoms with E-state index in [0.29, 0.717) is 30.1 Å². The lowest BCUT2D eigenvalue weighted by Crippen LogP contribution is -2.46. The van der Waals surface area contributed by atoms with E-state index < -0.39 is 10.0 Å². The fraction of sp³-hybridized carbons (Fsp3) is 0.571. The molecule has 1 amide bonds. The van der Waals surface area contributed by atoms with Gasteiger partial charge in [-0.3, -0.25) is 4.79 Å².